The standard InChI is InChI=1S/C17H25FN2O2/c1-19(2)17(21)15-7-5-11-20(15)10-4-6-13-8-9-16(22-3)14(18)12-13/h8-9,12,15H,4-7,10-11H2,1-3H3/t15-/m0/s1. The third-order valence-electron chi connectivity index (χ3n) is 4.22. The van der Waals surface area contributed by atoms with Crippen molar-refractivity contribution in [1.29, 1.82) is 0 Å². The molecule has 1 aromatic carbocycles. The second-order valence-electron chi connectivity index (χ2n) is 6.00. The van der Waals surface area contributed by atoms with Crippen molar-refractivity contribution in [2.75, 3.05) is 34.3 Å². The zero-order valence-corrected chi connectivity index (χ0v) is 13.6. The molecule has 0 unspecified atom stereocenters. The first-order chi connectivity index (χ1) is 10.5. The topological polar surface area (TPSA) is 32.8 Å². The summed E-state index contributed by atoms with van der Waals surface area (Å²) in [6.07, 6.45) is 3.73. The van der Waals surface area contributed by atoms with Crippen LogP contribution in [0.25, 0.3) is 0 Å². The molecule has 5 heteroatoms. The maximum Gasteiger partial charge on any atom is 0.239 e. The number of amides is 1. The summed E-state index contributed by atoms with van der Waals surface area (Å²) in [6, 6.07) is 5.11. The summed E-state index contributed by atoms with van der Waals surface area (Å²) in [7, 11) is 5.07. The molecule has 1 heterocycles. The van der Waals surface area contributed by atoms with Gasteiger partial charge < -0.3 is 9.64 Å². The molecule has 1 amide bonds. The van der Waals surface area contributed by atoms with Crippen LogP contribution in [0.15, 0.2) is 18.2 Å². The average molecular weight is 308 g/mol. The molecule has 1 fully saturated rings. The number of likely N-dealkylation sites (tertiary alicyclic amines) is 1. The Kier molecular flexibility index (Phi) is 5.77. The monoisotopic (exact) mass is 308 g/mol. The fraction of sp³-hybridized carbons (Fsp3) is 0.588. The minimum atomic E-state index is -0.318. The molecule has 22 heavy (non-hydrogen) atoms. The van der Waals surface area contributed by atoms with E-state index >= 15 is 0 Å². The van der Waals surface area contributed by atoms with E-state index in [1.54, 1.807) is 25.1 Å². The quantitative estimate of drug-likeness (QED) is 0.808. The zero-order chi connectivity index (χ0) is 16.1. The number of likely N-dealkylation sites (N-methyl/N-ethyl adjacent to an activating group) is 1. The van der Waals surface area contributed by atoms with Crippen molar-refractivity contribution in [3.8, 4) is 5.75 Å². The number of methoxy groups -OCH3 is 1. The van der Waals surface area contributed by atoms with Gasteiger partial charge in [0.05, 0.1) is 13.2 Å². The van der Waals surface area contributed by atoms with E-state index in [0.717, 1.165) is 44.3 Å². The molecule has 0 aromatic heterocycles. The van der Waals surface area contributed by atoms with Gasteiger partial charge in [-0.25, -0.2) is 4.39 Å². The van der Waals surface area contributed by atoms with E-state index in [0.29, 0.717) is 0 Å². The highest BCUT2D eigenvalue weighted by molar-refractivity contribution is 5.81. The number of hydrogen-bond acceptors (Lipinski definition) is 3. The highest BCUT2D eigenvalue weighted by Crippen LogP contribution is 2.21. The summed E-state index contributed by atoms with van der Waals surface area (Å²) in [5, 5.41) is 0. The SMILES string of the molecule is COc1ccc(CCCN2CCC[C@H]2C(=O)N(C)C)cc1F. The fourth-order valence-electron chi connectivity index (χ4n) is 3.02. The largest absolute Gasteiger partial charge is 0.494 e. The van der Waals surface area contributed by atoms with Gasteiger partial charge in [-0.15, -0.1) is 0 Å². The number of carbonyl (C=O) groups is 1. The number of rotatable bonds is 6. The lowest BCUT2D eigenvalue weighted by molar-refractivity contribution is -0.133. The van der Waals surface area contributed by atoms with Crippen molar-refractivity contribution in [3.05, 3.63) is 29.6 Å². The van der Waals surface area contributed by atoms with Gasteiger partial charge in [0.15, 0.2) is 11.6 Å². The Morgan fingerprint density at radius 2 is 2.23 bits per heavy atom. The molecular weight excluding hydrogens is 283 g/mol. The van der Waals surface area contributed by atoms with Crippen molar-refractivity contribution in [3.63, 3.8) is 0 Å². The van der Waals surface area contributed by atoms with Crippen LogP contribution in [0.2, 0.25) is 0 Å². The van der Waals surface area contributed by atoms with Crippen molar-refractivity contribution < 1.29 is 13.9 Å². The second kappa shape index (κ2) is 7.58. The first kappa shape index (κ1) is 16.7. The molecule has 0 bridgehead atoms. The van der Waals surface area contributed by atoms with Gasteiger partial charge in [-0.1, -0.05) is 6.07 Å². The Hall–Kier alpha value is -1.62. The molecule has 0 spiro atoms. The molecule has 1 aromatic rings. The van der Waals surface area contributed by atoms with Gasteiger partial charge in [0.25, 0.3) is 0 Å². The summed E-state index contributed by atoms with van der Waals surface area (Å²) >= 11 is 0. The molecule has 4 nitrogen and oxygen atoms in total. The van der Waals surface area contributed by atoms with Crippen LogP contribution in [0, 0.1) is 5.82 Å². The van der Waals surface area contributed by atoms with Crippen LogP contribution in [0.1, 0.15) is 24.8 Å². The van der Waals surface area contributed by atoms with E-state index in [1.807, 2.05) is 6.07 Å². The molecule has 0 aliphatic carbocycles. The summed E-state index contributed by atoms with van der Waals surface area (Å²) in [5.41, 5.74) is 0.966. The lowest BCUT2D eigenvalue weighted by Crippen LogP contribution is -2.43. The van der Waals surface area contributed by atoms with Crippen LogP contribution in [0.4, 0.5) is 4.39 Å². The lowest BCUT2D eigenvalue weighted by atomic mass is 10.1. The molecule has 1 atom stereocenters. The van der Waals surface area contributed by atoms with Gasteiger partial charge in [-0.05, 0) is 56.5 Å². The number of ether oxygens (including phenoxy) is 1. The van der Waals surface area contributed by atoms with Crippen LogP contribution in [-0.4, -0.2) is 56.0 Å². The zero-order valence-electron chi connectivity index (χ0n) is 13.6. The van der Waals surface area contributed by atoms with Crippen LogP contribution < -0.4 is 4.74 Å². The second-order valence-corrected chi connectivity index (χ2v) is 6.00. The van der Waals surface area contributed by atoms with Crippen molar-refractivity contribution in [1.82, 2.24) is 9.80 Å². The number of nitrogens with zero attached hydrogens (tertiary/aromatic N) is 2. The molecule has 1 aliphatic heterocycles. The first-order valence-electron chi connectivity index (χ1n) is 7.80. The van der Waals surface area contributed by atoms with Crippen LogP contribution >= 0.6 is 0 Å². The fourth-order valence-corrected chi connectivity index (χ4v) is 3.02. The lowest BCUT2D eigenvalue weighted by Gasteiger charge is -2.26. The third kappa shape index (κ3) is 3.97. The van der Waals surface area contributed by atoms with Gasteiger partial charge in [-0.3, -0.25) is 9.69 Å². The molecule has 0 saturated carbocycles. The van der Waals surface area contributed by atoms with Crippen molar-refractivity contribution in [2.24, 2.45) is 0 Å². The van der Waals surface area contributed by atoms with Gasteiger partial charge in [0.2, 0.25) is 5.91 Å². The number of aryl methyl sites for hydroxylation is 1. The highest BCUT2D eigenvalue weighted by atomic mass is 19.1. The van der Waals surface area contributed by atoms with E-state index in [9.17, 15) is 9.18 Å². The molecule has 0 radical (unpaired) electrons. The van der Waals surface area contributed by atoms with E-state index in [4.69, 9.17) is 4.74 Å². The molecule has 122 valence electrons. The van der Waals surface area contributed by atoms with E-state index < -0.39 is 0 Å². The molecule has 1 saturated heterocycles. The minimum Gasteiger partial charge on any atom is -0.494 e. The molecule has 1 aliphatic rings. The Labute approximate surface area is 131 Å². The highest BCUT2D eigenvalue weighted by Gasteiger charge is 2.30. The summed E-state index contributed by atoms with van der Waals surface area (Å²) < 4.78 is 18.6. The van der Waals surface area contributed by atoms with Gasteiger partial charge in [-0.2, -0.15) is 0 Å². The van der Waals surface area contributed by atoms with E-state index in [1.165, 1.54) is 13.2 Å². The first-order valence-corrected chi connectivity index (χ1v) is 7.80. The summed E-state index contributed by atoms with van der Waals surface area (Å²) in [6.45, 7) is 1.85. The number of halogens is 1. The average Bonchev–Trinajstić information content (AvgIpc) is 2.95. The van der Waals surface area contributed by atoms with Crippen LogP contribution in [-0.2, 0) is 11.2 Å². The minimum absolute atomic E-state index is 0.0163. The maximum atomic E-state index is 13.6. The van der Waals surface area contributed by atoms with Gasteiger partial charge in [0, 0.05) is 14.1 Å². The number of benzene rings is 1. The third-order valence-corrected chi connectivity index (χ3v) is 4.22. The normalized spacial score (nSPS) is 18.5. The van der Waals surface area contributed by atoms with Crippen LogP contribution in [0.5, 0.6) is 5.75 Å². The number of hydrogen-bond donors (Lipinski definition) is 0. The maximum absolute atomic E-state index is 13.6. The van der Waals surface area contributed by atoms with Crippen molar-refractivity contribution >= 4 is 5.91 Å². The Balaban J connectivity index is 1.85. The van der Waals surface area contributed by atoms with Crippen molar-refractivity contribution in [2.45, 2.75) is 31.7 Å². The Morgan fingerprint density at radius 1 is 1.45 bits per heavy atom. The smallest absolute Gasteiger partial charge is 0.239 e. The molecule has 0 N–H and O–H groups in total. The van der Waals surface area contributed by atoms with E-state index in [2.05, 4.69) is 4.90 Å². The summed E-state index contributed by atoms with van der Waals surface area (Å²) in [5.74, 6) is 0.148. The van der Waals surface area contributed by atoms with Crippen LogP contribution in [0.3, 0.4) is 0 Å². The predicted molar refractivity (Wildman–Crippen MR) is 84.6 cm³/mol. The Bertz CT molecular complexity index is 519. The van der Waals surface area contributed by atoms with Gasteiger partial charge >= 0.3 is 0 Å². The Morgan fingerprint density at radius 3 is 2.86 bits per heavy atom. The number of carbonyl (C=O) groups excluding carboxylic acids is 1. The molecule has 2 rings (SSSR count). The summed E-state index contributed by atoms with van der Waals surface area (Å²) in [4.78, 5) is 16.0. The van der Waals surface area contributed by atoms with E-state index in [-0.39, 0.29) is 23.5 Å². The van der Waals surface area contributed by atoms with Gasteiger partial charge in [0.1, 0.15) is 0 Å². The predicted octanol–water partition coefficient (Wildman–Crippen LogP) is 2.32. The molecular formula is C17H25FN2O2.